The molecular weight excluding hydrogens is 430 g/mol. The minimum absolute atomic E-state index is 0.0758. The number of ether oxygens (including phenoxy) is 3. The van der Waals surface area contributed by atoms with Crippen LogP contribution in [0.1, 0.15) is 11.5 Å². The molecule has 0 atom stereocenters. The Labute approximate surface area is 189 Å². The predicted octanol–water partition coefficient (Wildman–Crippen LogP) is 4.22. The molecule has 0 aliphatic rings. The first-order valence-corrected chi connectivity index (χ1v) is 10.8. The van der Waals surface area contributed by atoms with Gasteiger partial charge in [0, 0.05) is 18.4 Å². The van der Waals surface area contributed by atoms with E-state index in [1.165, 1.54) is 11.8 Å². The largest absolute Gasteiger partial charge is 0.493 e. The summed E-state index contributed by atoms with van der Waals surface area (Å²) < 4.78 is 23.7. The molecule has 2 aromatic carbocycles. The Morgan fingerprint density at radius 3 is 2.38 bits per heavy atom. The molecule has 0 radical (unpaired) electrons. The van der Waals surface area contributed by atoms with Gasteiger partial charge in [-0.15, -0.1) is 0 Å². The zero-order valence-electron chi connectivity index (χ0n) is 18.5. The molecule has 4 rings (SSSR count). The Morgan fingerprint density at radius 1 is 1.03 bits per heavy atom. The number of rotatable bonds is 7. The normalized spacial score (nSPS) is 11.0. The van der Waals surface area contributed by atoms with Crippen LogP contribution in [-0.4, -0.2) is 35.9 Å². The topological polar surface area (TPSA) is 88.6 Å². The van der Waals surface area contributed by atoms with Crippen LogP contribution in [0.3, 0.4) is 0 Å². The van der Waals surface area contributed by atoms with Gasteiger partial charge in [-0.3, -0.25) is 9.36 Å². The van der Waals surface area contributed by atoms with Crippen LogP contribution < -0.4 is 19.8 Å². The number of fused-ring (bicyclic) bond motifs is 1. The summed E-state index contributed by atoms with van der Waals surface area (Å²) in [5, 5.41) is 1.21. The van der Waals surface area contributed by atoms with Crippen molar-refractivity contribution in [3.63, 3.8) is 0 Å². The Kier molecular flexibility index (Phi) is 6.09. The van der Waals surface area contributed by atoms with Crippen LogP contribution in [0.4, 0.5) is 0 Å². The van der Waals surface area contributed by atoms with E-state index in [9.17, 15) is 4.79 Å². The summed E-state index contributed by atoms with van der Waals surface area (Å²) >= 11 is 1.43. The minimum Gasteiger partial charge on any atom is -0.493 e. The first-order valence-electron chi connectivity index (χ1n) is 9.82. The summed E-state index contributed by atoms with van der Waals surface area (Å²) in [7, 11) is 6.40. The molecule has 0 aliphatic heterocycles. The quantitative estimate of drug-likeness (QED) is 0.304. The smallest absolute Gasteiger partial charge is 0.261 e. The molecule has 32 heavy (non-hydrogen) atoms. The molecule has 0 fully saturated rings. The van der Waals surface area contributed by atoms with Gasteiger partial charge in [0.15, 0.2) is 16.7 Å². The van der Waals surface area contributed by atoms with Crippen LogP contribution in [0, 0.1) is 6.92 Å². The van der Waals surface area contributed by atoms with Gasteiger partial charge >= 0.3 is 0 Å². The van der Waals surface area contributed by atoms with E-state index in [2.05, 4.69) is 9.97 Å². The number of thioether (sulfide) groups is 1. The first-order chi connectivity index (χ1) is 15.5. The number of hydrogen-bond acceptors (Lipinski definition) is 8. The van der Waals surface area contributed by atoms with E-state index >= 15 is 0 Å². The number of benzene rings is 2. The van der Waals surface area contributed by atoms with Crippen molar-refractivity contribution in [2.24, 2.45) is 7.05 Å². The monoisotopic (exact) mass is 453 g/mol. The zero-order valence-corrected chi connectivity index (χ0v) is 19.3. The molecule has 0 unspecified atom stereocenters. The SMILES string of the molecule is COc1cc(-c2nc(CSc3nc4ccccc4c(=O)n3C)c(C)o2)cc(OC)c1OC. The highest BCUT2D eigenvalue weighted by atomic mass is 32.2. The van der Waals surface area contributed by atoms with Crippen LogP contribution in [0.5, 0.6) is 17.2 Å². The third-order valence-electron chi connectivity index (χ3n) is 5.08. The zero-order chi connectivity index (χ0) is 22.8. The third kappa shape index (κ3) is 3.91. The molecule has 0 N–H and O–H groups in total. The summed E-state index contributed by atoms with van der Waals surface area (Å²) in [6.45, 7) is 1.86. The van der Waals surface area contributed by atoms with Crippen molar-refractivity contribution in [2.45, 2.75) is 17.8 Å². The highest BCUT2D eigenvalue weighted by Crippen LogP contribution is 2.41. The fourth-order valence-electron chi connectivity index (χ4n) is 3.35. The predicted molar refractivity (Wildman–Crippen MR) is 123 cm³/mol. The lowest BCUT2D eigenvalue weighted by atomic mass is 10.2. The van der Waals surface area contributed by atoms with Gasteiger partial charge in [0.2, 0.25) is 11.6 Å². The molecule has 0 aliphatic carbocycles. The average molecular weight is 454 g/mol. The standard InChI is InChI=1S/C23H23N3O5S/c1-13-17(12-32-23-25-16-9-7-6-8-15(16)22(27)26(23)2)24-21(31-13)14-10-18(28-3)20(30-5)19(11-14)29-4/h6-11H,12H2,1-5H3. The van der Waals surface area contributed by atoms with E-state index < -0.39 is 0 Å². The van der Waals surface area contributed by atoms with Gasteiger partial charge in [0.1, 0.15) is 5.76 Å². The molecule has 2 heterocycles. The van der Waals surface area contributed by atoms with E-state index in [1.54, 1.807) is 51.1 Å². The maximum absolute atomic E-state index is 12.6. The molecule has 4 aromatic rings. The fourth-order valence-corrected chi connectivity index (χ4v) is 4.32. The van der Waals surface area contributed by atoms with Crippen LogP contribution in [0.2, 0.25) is 0 Å². The molecule has 0 saturated heterocycles. The maximum Gasteiger partial charge on any atom is 0.261 e. The van der Waals surface area contributed by atoms with Crippen molar-refractivity contribution in [1.29, 1.82) is 0 Å². The lowest BCUT2D eigenvalue weighted by Crippen LogP contribution is -2.19. The Hall–Kier alpha value is -3.46. The average Bonchev–Trinajstić information content (AvgIpc) is 3.19. The number of nitrogens with zero attached hydrogens (tertiary/aromatic N) is 3. The van der Waals surface area contributed by atoms with Crippen LogP contribution in [0.25, 0.3) is 22.4 Å². The van der Waals surface area contributed by atoms with E-state index in [-0.39, 0.29) is 5.56 Å². The van der Waals surface area contributed by atoms with Gasteiger partial charge in [0.25, 0.3) is 5.56 Å². The molecular formula is C23H23N3O5S. The molecule has 166 valence electrons. The van der Waals surface area contributed by atoms with Crippen molar-refractivity contribution in [2.75, 3.05) is 21.3 Å². The van der Waals surface area contributed by atoms with Crippen molar-refractivity contribution in [1.82, 2.24) is 14.5 Å². The summed E-state index contributed by atoms with van der Waals surface area (Å²) in [5.74, 6) is 3.16. The van der Waals surface area contributed by atoms with E-state index in [0.29, 0.717) is 56.3 Å². The first kappa shape index (κ1) is 21.8. The number of aryl methyl sites for hydroxylation is 1. The van der Waals surface area contributed by atoms with Gasteiger partial charge in [-0.05, 0) is 31.2 Å². The second-order valence-corrected chi connectivity index (χ2v) is 7.94. The molecule has 9 heteroatoms. The van der Waals surface area contributed by atoms with E-state index in [0.717, 1.165) is 5.69 Å². The van der Waals surface area contributed by atoms with Crippen LogP contribution in [-0.2, 0) is 12.8 Å². The highest BCUT2D eigenvalue weighted by molar-refractivity contribution is 7.98. The number of oxazole rings is 1. The third-order valence-corrected chi connectivity index (χ3v) is 6.13. The molecule has 0 saturated carbocycles. The second-order valence-electron chi connectivity index (χ2n) is 7.00. The van der Waals surface area contributed by atoms with Gasteiger partial charge in [-0.1, -0.05) is 23.9 Å². The summed E-state index contributed by atoms with van der Waals surface area (Å²) in [5.41, 5.74) is 2.07. The van der Waals surface area contributed by atoms with Crippen molar-refractivity contribution in [3.8, 4) is 28.7 Å². The fraction of sp³-hybridized carbons (Fsp3) is 0.261. The summed E-state index contributed by atoms with van der Waals surface area (Å²) in [4.78, 5) is 21.9. The molecule has 0 amide bonds. The second kappa shape index (κ2) is 8.96. The molecule has 0 bridgehead atoms. The maximum atomic E-state index is 12.6. The van der Waals surface area contributed by atoms with Gasteiger partial charge in [-0.2, -0.15) is 0 Å². The lowest BCUT2D eigenvalue weighted by Gasteiger charge is -2.12. The molecule has 0 spiro atoms. The number of aromatic nitrogens is 3. The number of methoxy groups -OCH3 is 3. The van der Waals surface area contributed by atoms with Crippen molar-refractivity contribution >= 4 is 22.7 Å². The van der Waals surface area contributed by atoms with Crippen molar-refractivity contribution in [3.05, 3.63) is 58.2 Å². The Morgan fingerprint density at radius 2 is 1.72 bits per heavy atom. The van der Waals surface area contributed by atoms with Crippen LogP contribution >= 0.6 is 11.8 Å². The van der Waals surface area contributed by atoms with Crippen LogP contribution in [0.15, 0.2) is 50.8 Å². The molecule has 2 aromatic heterocycles. The Bertz CT molecular complexity index is 1320. The van der Waals surface area contributed by atoms with Gasteiger partial charge in [0.05, 0.1) is 37.9 Å². The summed E-state index contributed by atoms with van der Waals surface area (Å²) in [6.07, 6.45) is 0. The lowest BCUT2D eigenvalue weighted by molar-refractivity contribution is 0.324. The van der Waals surface area contributed by atoms with E-state index in [4.69, 9.17) is 18.6 Å². The Balaban J connectivity index is 1.64. The number of para-hydroxylation sites is 1. The summed E-state index contributed by atoms with van der Waals surface area (Å²) in [6, 6.07) is 10.9. The minimum atomic E-state index is -0.0758. The molecule has 8 nitrogen and oxygen atoms in total. The highest BCUT2D eigenvalue weighted by Gasteiger charge is 2.19. The van der Waals surface area contributed by atoms with Crippen molar-refractivity contribution < 1.29 is 18.6 Å². The number of hydrogen-bond donors (Lipinski definition) is 0. The van der Waals surface area contributed by atoms with Gasteiger partial charge in [-0.25, -0.2) is 9.97 Å². The van der Waals surface area contributed by atoms with Gasteiger partial charge < -0.3 is 18.6 Å². The van der Waals surface area contributed by atoms with E-state index in [1.807, 2.05) is 25.1 Å².